The Morgan fingerprint density at radius 3 is 2.50 bits per heavy atom. The van der Waals surface area contributed by atoms with Crippen LogP contribution in [0.4, 0.5) is 0 Å². The van der Waals surface area contributed by atoms with E-state index in [1.165, 1.54) is 4.43 Å². The maximum atomic E-state index is 3.66. The van der Waals surface area contributed by atoms with E-state index < -0.39 is 0 Å². The number of nitrogens with one attached hydrogen (secondary N) is 1. The quantitative estimate of drug-likeness (QED) is 0.450. The number of halogens is 1. The van der Waals surface area contributed by atoms with E-state index in [-0.39, 0.29) is 0 Å². The Hall–Kier alpha value is 0.430. The zero-order valence-corrected chi connectivity index (χ0v) is 8.89. The summed E-state index contributed by atoms with van der Waals surface area (Å²) in [7, 11) is 0. The summed E-state index contributed by atoms with van der Waals surface area (Å²) in [4.78, 5) is 0. The molecule has 0 aliphatic carbocycles. The van der Waals surface area contributed by atoms with Gasteiger partial charge < -0.3 is 5.32 Å². The molecule has 0 aliphatic heterocycles. The van der Waals surface area contributed by atoms with Crippen LogP contribution in [0.1, 0.15) is 13.8 Å². The molecule has 60 valence electrons. The Bertz CT molecular complexity index is 91.3. The van der Waals surface area contributed by atoms with Crippen molar-refractivity contribution < 1.29 is 0 Å². The normalized spacial score (nSPS) is 13.6. The average molecular weight is 253 g/mol. The summed E-state index contributed by atoms with van der Waals surface area (Å²) < 4.78 is 1.17. The Kier molecular flexibility index (Phi) is 6.43. The highest BCUT2D eigenvalue weighted by Crippen LogP contribution is 2.04. The molecule has 1 unspecified atom stereocenters. The molecule has 0 aromatic heterocycles. The summed E-state index contributed by atoms with van der Waals surface area (Å²) in [6.07, 6.45) is 1.90. The first-order chi connectivity index (χ1) is 4.72. The minimum absolute atomic E-state index is 0.638. The third-order valence-corrected chi connectivity index (χ3v) is 2.44. The molecule has 0 saturated carbocycles. The molecule has 0 spiro atoms. The molecule has 0 radical (unpaired) electrons. The van der Waals surface area contributed by atoms with Crippen LogP contribution in [-0.4, -0.2) is 17.0 Å². The zero-order valence-electron chi connectivity index (χ0n) is 6.73. The summed E-state index contributed by atoms with van der Waals surface area (Å²) in [6, 6.07) is 0.638. The van der Waals surface area contributed by atoms with Gasteiger partial charge in [0.15, 0.2) is 0 Å². The second-order valence-corrected chi connectivity index (χ2v) is 3.58. The van der Waals surface area contributed by atoms with Crippen molar-refractivity contribution >= 4 is 22.6 Å². The van der Waals surface area contributed by atoms with Gasteiger partial charge in [-0.15, -0.1) is 6.58 Å². The first-order valence-electron chi connectivity index (χ1n) is 3.62. The summed E-state index contributed by atoms with van der Waals surface area (Å²) in [5.74, 6) is 0.719. The number of hydrogen-bond acceptors (Lipinski definition) is 1. The summed E-state index contributed by atoms with van der Waals surface area (Å²) in [6.45, 7) is 9.05. The minimum Gasteiger partial charge on any atom is -0.310 e. The van der Waals surface area contributed by atoms with Gasteiger partial charge in [-0.25, -0.2) is 0 Å². The second-order valence-electron chi connectivity index (χ2n) is 2.70. The van der Waals surface area contributed by atoms with Crippen LogP contribution in [-0.2, 0) is 0 Å². The van der Waals surface area contributed by atoms with E-state index in [0.29, 0.717) is 6.04 Å². The van der Waals surface area contributed by atoms with Gasteiger partial charge in [-0.1, -0.05) is 42.5 Å². The fourth-order valence-electron chi connectivity index (χ4n) is 0.703. The van der Waals surface area contributed by atoms with Crippen molar-refractivity contribution in [3.63, 3.8) is 0 Å². The van der Waals surface area contributed by atoms with Gasteiger partial charge in [0, 0.05) is 17.0 Å². The van der Waals surface area contributed by atoms with Gasteiger partial charge in [0.25, 0.3) is 0 Å². The fraction of sp³-hybridized carbons (Fsp3) is 0.750. The van der Waals surface area contributed by atoms with Crippen molar-refractivity contribution in [1.82, 2.24) is 5.32 Å². The van der Waals surface area contributed by atoms with Crippen LogP contribution in [0.15, 0.2) is 12.7 Å². The van der Waals surface area contributed by atoms with Crippen LogP contribution in [0.5, 0.6) is 0 Å². The second kappa shape index (κ2) is 6.16. The van der Waals surface area contributed by atoms with Gasteiger partial charge in [-0.3, -0.25) is 0 Å². The lowest BCUT2D eigenvalue weighted by Gasteiger charge is -2.18. The molecule has 1 atom stereocenters. The SMILES string of the molecule is C=CCNC(CI)C(C)C. The third kappa shape index (κ3) is 4.28. The van der Waals surface area contributed by atoms with Crippen LogP contribution in [0.25, 0.3) is 0 Å². The van der Waals surface area contributed by atoms with Crippen LogP contribution in [0, 0.1) is 5.92 Å². The molecule has 10 heavy (non-hydrogen) atoms. The van der Waals surface area contributed by atoms with Crippen LogP contribution in [0.2, 0.25) is 0 Å². The molecule has 0 rings (SSSR count). The van der Waals surface area contributed by atoms with E-state index in [1.54, 1.807) is 0 Å². The maximum absolute atomic E-state index is 3.66. The van der Waals surface area contributed by atoms with E-state index >= 15 is 0 Å². The third-order valence-electron chi connectivity index (χ3n) is 1.50. The number of rotatable bonds is 5. The average Bonchev–Trinajstić information content (AvgIpc) is 1.89. The van der Waals surface area contributed by atoms with E-state index in [4.69, 9.17) is 0 Å². The Labute approximate surface area is 77.4 Å². The molecule has 0 aromatic rings. The molecular weight excluding hydrogens is 237 g/mol. The van der Waals surface area contributed by atoms with Crippen molar-refractivity contribution in [3.8, 4) is 0 Å². The zero-order chi connectivity index (χ0) is 7.98. The standard InChI is InChI=1S/C8H16IN/c1-4-5-10-8(6-9)7(2)3/h4,7-8,10H,1,5-6H2,2-3H3. The summed E-state index contributed by atoms with van der Waals surface area (Å²) >= 11 is 2.41. The molecule has 1 N–H and O–H groups in total. The molecule has 1 nitrogen and oxygen atoms in total. The van der Waals surface area contributed by atoms with Crippen LogP contribution >= 0.6 is 22.6 Å². The molecule has 0 amide bonds. The Balaban J connectivity index is 3.49. The monoisotopic (exact) mass is 253 g/mol. The van der Waals surface area contributed by atoms with Gasteiger partial charge >= 0.3 is 0 Å². The van der Waals surface area contributed by atoms with Gasteiger partial charge in [0.2, 0.25) is 0 Å². The number of hydrogen-bond donors (Lipinski definition) is 1. The molecule has 0 fully saturated rings. The molecule has 0 saturated heterocycles. The molecule has 0 aromatic carbocycles. The number of alkyl halides is 1. The molecule has 0 bridgehead atoms. The topological polar surface area (TPSA) is 12.0 Å². The van der Waals surface area contributed by atoms with Gasteiger partial charge in [-0.05, 0) is 5.92 Å². The molecule has 2 heteroatoms. The first kappa shape index (κ1) is 10.4. The maximum Gasteiger partial charge on any atom is 0.0183 e. The minimum atomic E-state index is 0.638. The van der Waals surface area contributed by atoms with Gasteiger partial charge in [0.05, 0.1) is 0 Å². The highest BCUT2D eigenvalue weighted by atomic mass is 127. The van der Waals surface area contributed by atoms with Crippen LogP contribution < -0.4 is 5.32 Å². The van der Waals surface area contributed by atoms with Crippen molar-refractivity contribution in [2.75, 3.05) is 11.0 Å². The lowest BCUT2D eigenvalue weighted by atomic mass is 10.1. The fourth-order valence-corrected chi connectivity index (χ4v) is 2.03. The van der Waals surface area contributed by atoms with E-state index in [0.717, 1.165) is 12.5 Å². The van der Waals surface area contributed by atoms with E-state index in [2.05, 4.69) is 48.3 Å². The van der Waals surface area contributed by atoms with E-state index in [1.807, 2.05) is 6.08 Å². The smallest absolute Gasteiger partial charge is 0.0183 e. The summed E-state index contributed by atoms with van der Waals surface area (Å²) in [5.41, 5.74) is 0. The van der Waals surface area contributed by atoms with Crippen LogP contribution in [0.3, 0.4) is 0 Å². The van der Waals surface area contributed by atoms with Crippen molar-refractivity contribution in [2.45, 2.75) is 19.9 Å². The largest absolute Gasteiger partial charge is 0.310 e. The predicted molar refractivity (Wildman–Crippen MR) is 55.7 cm³/mol. The first-order valence-corrected chi connectivity index (χ1v) is 5.15. The molecule has 0 heterocycles. The van der Waals surface area contributed by atoms with Crippen molar-refractivity contribution in [3.05, 3.63) is 12.7 Å². The Morgan fingerprint density at radius 1 is 1.60 bits per heavy atom. The van der Waals surface area contributed by atoms with Crippen molar-refractivity contribution in [1.29, 1.82) is 0 Å². The predicted octanol–water partition coefficient (Wildman–Crippen LogP) is 2.22. The molecule has 0 aliphatic rings. The molecular formula is C8H16IN. The van der Waals surface area contributed by atoms with Crippen molar-refractivity contribution in [2.24, 2.45) is 5.92 Å². The highest BCUT2D eigenvalue weighted by Gasteiger charge is 2.08. The lowest BCUT2D eigenvalue weighted by Crippen LogP contribution is -2.35. The lowest BCUT2D eigenvalue weighted by molar-refractivity contribution is 0.456. The van der Waals surface area contributed by atoms with E-state index in [9.17, 15) is 0 Å². The summed E-state index contributed by atoms with van der Waals surface area (Å²) in [5, 5.41) is 3.39. The highest BCUT2D eigenvalue weighted by molar-refractivity contribution is 14.1. The van der Waals surface area contributed by atoms with Gasteiger partial charge in [-0.2, -0.15) is 0 Å². The van der Waals surface area contributed by atoms with Gasteiger partial charge in [0.1, 0.15) is 0 Å². The Morgan fingerprint density at radius 2 is 2.20 bits per heavy atom.